The Bertz CT molecular complexity index is 1010. The van der Waals surface area contributed by atoms with Crippen LogP contribution in [0.15, 0.2) is 60.8 Å². The molecule has 1 amide bonds. The van der Waals surface area contributed by atoms with Gasteiger partial charge in [-0.25, -0.2) is 0 Å². The molecule has 0 radical (unpaired) electrons. The van der Waals surface area contributed by atoms with Crippen LogP contribution in [0.2, 0.25) is 0 Å². The maximum absolute atomic E-state index is 13.4. The molecule has 1 heterocycles. The molecule has 31 heavy (non-hydrogen) atoms. The third-order valence-corrected chi connectivity index (χ3v) is 5.20. The van der Waals surface area contributed by atoms with Crippen molar-refractivity contribution in [2.45, 2.75) is 20.0 Å². The second-order valence-electron chi connectivity index (χ2n) is 7.40. The van der Waals surface area contributed by atoms with Crippen molar-refractivity contribution >= 4 is 5.91 Å². The van der Waals surface area contributed by atoms with Crippen LogP contribution in [0.3, 0.4) is 0 Å². The Morgan fingerprint density at radius 2 is 1.84 bits per heavy atom. The summed E-state index contributed by atoms with van der Waals surface area (Å²) >= 11 is 0. The van der Waals surface area contributed by atoms with Gasteiger partial charge in [0.25, 0.3) is 5.91 Å². The Kier molecular flexibility index (Phi) is 7.73. The van der Waals surface area contributed by atoms with Crippen molar-refractivity contribution in [3.05, 3.63) is 83.2 Å². The molecule has 0 N–H and O–H groups in total. The molecule has 0 aliphatic carbocycles. The molecule has 3 aromatic rings. The predicted molar refractivity (Wildman–Crippen MR) is 121 cm³/mol. The highest BCUT2D eigenvalue weighted by molar-refractivity contribution is 5.97. The Morgan fingerprint density at radius 3 is 2.55 bits per heavy atom. The average molecular weight is 423 g/mol. The summed E-state index contributed by atoms with van der Waals surface area (Å²) in [6.07, 6.45) is 2.05. The molecule has 0 aliphatic rings. The lowest BCUT2D eigenvalue weighted by atomic mass is 10.1. The predicted octanol–water partition coefficient (Wildman–Crippen LogP) is 4.15. The number of amides is 1. The molecule has 0 saturated carbocycles. The van der Waals surface area contributed by atoms with E-state index in [-0.39, 0.29) is 5.91 Å². The van der Waals surface area contributed by atoms with E-state index in [0.717, 1.165) is 12.2 Å². The quantitative estimate of drug-likeness (QED) is 0.493. The van der Waals surface area contributed by atoms with Gasteiger partial charge in [-0.1, -0.05) is 29.8 Å². The Morgan fingerprint density at radius 1 is 1.00 bits per heavy atom. The molecule has 1 aromatic heterocycles. The van der Waals surface area contributed by atoms with Crippen LogP contribution in [0, 0.1) is 6.92 Å². The molecule has 6 heteroatoms. The van der Waals surface area contributed by atoms with E-state index in [9.17, 15) is 4.79 Å². The highest BCUT2D eigenvalue weighted by Crippen LogP contribution is 2.26. The van der Waals surface area contributed by atoms with Crippen molar-refractivity contribution in [2.75, 3.05) is 34.5 Å². The maximum atomic E-state index is 13.4. The fourth-order valence-corrected chi connectivity index (χ4v) is 3.55. The monoisotopic (exact) mass is 422 g/mol. The summed E-state index contributed by atoms with van der Waals surface area (Å²) in [6.45, 7) is 4.23. The molecule has 0 aliphatic heterocycles. The number of carbonyl (C=O) groups excluding carboxylic acids is 1. The van der Waals surface area contributed by atoms with Crippen LogP contribution in [0.4, 0.5) is 0 Å². The van der Waals surface area contributed by atoms with Gasteiger partial charge in [-0.05, 0) is 36.8 Å². The lowest BCUT2D eigenvalue weighted by molar-refractivity contribution is 0.0672. The van der Waals surface area contributed by atoms with E-state index in [2.05, 4.69) is 35.8 Å². The molecule has 164 valence electrons. The zero-order chi connectivity index (χ0) is 22.2. The Balaban J connectivity index is 1.84. The topological polar surface area (TPSA) is 52.9 Å². The van der Waals surface area contributed by atoms with Crippen LogP contribution in [-0.4, -0.2) is 49.9 Å². The van der Waals surface area contributed by atoms with Crippen LogP contribution in [0.5, 0.6) is 11.5 Å². The minimum Gasteiger partial charge on any atom is -0.497 e. The number of benzene rings is 2. The third-order valence-electron chi connectivity index (χ3n) is 5.20. The number of aromatic nitrogens is 1. The van der Waals surface area contributed by atoms with E-state index in [1.165, 1.54) is 11.1 Å². The average Bonchev–Trinajstić information content (AvgIpc) is 3.22. The van der Waals surface area contributed by atoms with Gasteiger partial charge in [0.1, 0.15) is 11.5 Å². The first kappa shape index (κ1) is 22.4. The van der Waals surface area contributed by atoms with Gasteiger partial charge >= 0.3 is 0 Å². The molecule has 0 unspecified atom stereocenters. The van der Waals surface area contributed by atoms with Crippen LogP contribution in [-0.2, 0) is 17.8 Å². The number of methoxy groups -OCH3 is 3. The summed E-state index contributed by atoms with van der Waals surface area (Å²) in [5.41, 5.74) is 4.01. The number of rotatable bonds is 10. The first-order valence-corrected chi connectivity index (χ1v) is 10.3. The van der Waals surface area contributed by atoms with Crippen LogP contribution in [0.25, 0.3) is 0 Å². The summed E-state index contributed by atoms with van der Waals surface area (Å²) in [5, 5.41) is 0. The van der Waals surface area contributed by atoms with E-state index in [4.69, 9.17) is 14.2 Å². The number of nitrogens with zero attached hydrogens (tertiary/aromatic N) is 2. The SMILES string of the molecule is COCCN(Cc1cccn1Cc1cccc(C)c1)C(=O)c1ccc(OC)cc1OC. The van der Waals surface area contributed by atoms with E-state index >= 15 is 0 Å². The van der Waals surface area contributed by atoms with Crippen LogP contribution < -0.4 is 9.47 Å². The highest BCUT2D eigenvalue weighted by atomic mass is 16.5. The molecule has 0 atom stereocenters. The number of ether oxygens (including phenoxy) is 3. The van der Waals surface area contributed by atoms with Crippen LogP contribution in [0.1, 0.15) is 27.2 Å². The van der Waals surface area contributed by atoms with Gasteiger partial charge in [0.2, 0.25) is 0 Å². The number of hydrogen-bond donors (Lipinski definition) is 0. The van der Waals surface area contributed by atoms with E-state index in [1.54, 1.807) is 44.4 Å². The van der Waals surface area contributed by atoms with Crippen molar-refractivity contribution < 1.29 is 19.0 Å². The molecular weight excluding hydrogens is 392 g/mol. The van der Waals surface area contributed by atoms with E-state index < -0.39 is 0 Å². The van der Waals surface area contributed by atoms with Crippen molar-refractivity contribution in [3.8, 4) is 11.5 Å². The normalized spacial score (nSPS) is 10.7. The smallest absolute Gasteiger partial charge is 0.258 e. The van der Waals surface area contributed by atoms with Crippen molar-refractivity contribution in [1.29, 1.82) is 0 Å². The van der Waals surface area contributed by atoms with Gasteiger partial charge in [-0.3, -0.25) is 4.79 Å². The largest absolute Gasteiger partial charge is 0.497 e. The molecule has 2 aromatic carbocycles. The second-order valence-corrected chi connectivity index (χ2v) is 7.40. The summed E-state index contributed by atoms with van der Waals surface area (Å²) in [7, 11) is 4.78. The van der Waals surface area contributed by atoms with Gasteiger partial charge in [-0.2, -0.15) is 0 Å². The third kappa shape index (κ3) is 5.67. The first-order chi connectivity index (χ1) is 15.0. The zero-order valence-corrected chi connectivity index (χ0v) is 18.6. The fourth-order valence-electron chi connectivity index (χ4n) is 3.55. The lowest BCUT2D eigenvalue weighted by Gasteiger charge is -2.24. The molecule has 3 rings (SSSR count). The minimum absolute atomic E-state index is 0.111. The fraction of sp³-hybridized carbons (Fsp3) is 0.320. The number of carbonyl (C=O) groups is 1. The zero-order valence-electron chi connectivity index (χ0n) is 18.6. The van der Waals surface area contributed by atoms with Crippen molar-refractivity contribution in [2.24, 2.45) is 0 Å². The summed E-state index contributed by atoms with van der Waals surface area (Å²) in [4.78, 5) is 15.2. The minimum atomic E-state index is -0.111. The molecule has 0 fully saturated rings. The molecule has 6 nitrogen and oxygen atoms in total. The lowest BCUT2D eigenvalue weighted by Crippen LogP contribution is -2.34. The van der Waals surface area contributed by atoms with Gasteiger partial charge in [0, 0.05) is 38.2 Å². The van der Waals surface area contributed by atoms with Crippen molar-refractivity contribution in [3.63, 3.8) is 0 Å². The standard InChI is InChI=1S/C25H30N2O4/c1-19-7-5-8-20(15-19)17-26-12-6-9-21(26)18-27(13-14-29-2)25(28)23-11-10-22(30-3)16-24(23)31-4/h5-12,15-16H,13-14,17-18H2,1-4H3. The maximum Gasteiger partial charge on any atom is 0.258 e. The highest BCUT2D eigenvalue weighted by Gasteiger charge is 2.21. The Labute approximate surface area is 184 Å². The summed E-state index contributed by atoms with van der Waals surface area (Å²) in [6, 6.07) is 17.8. The first-order valence-electron chi connectivity index (χ1n) is 10.3. The molecular formula is C25H30N2O4. The van der Waals surface area contributed by atoms with Gasteiger partial charge < -0.3 is 23.7 Å². The van der Waals surface area contributed by atoms with Crippen molar-refractivity contribution in [1.82, 2.24) is 9.47 Å². The van der Waals surface area contributed by atoms with Gasteiger partial charge in [-0.15, -0.1) is 0 Å². The van der Waals surface area contributed by atoms with Gasteiger partial charge in [0.15, 0.2) is 0 Å². The molecule has 0 spiro atoms. The van der Waals surface area contributed by atoms with E-state index in [1.807, 2.05) is 18.3 Å². The second kappa shape index (κ2) is 10.7. The van der Waals surface area contributed by atoms with Crippen LogP contribution >= 0.6 is 0 Å². The number of aryl methyl sites for hydroxylation is 1. The molecule has 0 saturated heterocycles. The van der Waals surface area contributed by atoms with E-state index in [0.29, 0.717) is 36.8 Å². The number of hydrogen-bond acceptors (Lipinski definition) is 4. The summed E-state index contributed by atoms with van der Waals surface area (Å²) < 4.78 is 18.1. The van der Waals surface area contributed by atoms with Gasteiger partial charge in [0.05, 0.1) is 32.9 Å². The molecule has 0 bridgehead atoms. The summed E-state index contributed by atoms with van der Waals surface area (Å²) in [5.74, 6) is 1.02. The Hall–Kier alpha value is -3.25.